The van der Waals surface area contributed by atoms with E-state index in [1.807, 2.05) is 6.92 Å². The van der Waals surface area contributed by atoms with Crippen molar-refractivity contribution in [1.29, 1.82) is 0 Å². The molecule has 0 aromatic carbocycles. The zero-order chi connectivity index (χ0) is 14.7. The maximum atomic E-state index is 6.13. The van der Waals surface area contributed by atoms with E-state index in [2.05, 4.69) is 5.32 Å². The molecular weight excluding hydrogens is 266 g/mol. The Kier molecular flexibility index (Phi) is 4.69. The summed E-state index contributed by atoms with van der Waals surface area (Å²) in [6.45, 7) is 3.60. The molecule has 2 saturated carbocycles. The Balaban J connectivity index is 1.59. The number of nitrogens with zero attached hydrogens (tertiary/aromatic N) is 1. The quantitative estimate of drug-likeness (QED) is 0.614. The van der Waals surface area contributed by atoms with E-state index in [0.717, 1.165) is 32.5 Å². The van der Waals surface area contributed by atoms with E-state index in [-0.39, 0.29) is 17.7 Å². The van der Waals surface area contributed by atoms with Crippen LogP contribution in [0, 0.1) is 0 Å². The second-order valence-corrected chi connectivity index (χ2v) is 6.60. The van der Waals surface area contributed by atoms with Crippen LogP contribution in [-0.4, -0.2) is 43.0 Å². The second-order valence-electron chi connectivity index (χ2n) is 6.60. The van der Waals surface area contributed by atoms with Gasteiger partial charge in [0.2, 0.25) is 0 Å². The molecule has 3 unspecified atom stereocenters. The molecule has 3 atom stereocenters. The molecule has 0 amide bonds. The third kappa shape index (κ3) is 3.04. The zero-order valence-corrected chi connectivity index (χ0v) is 13.1. The van der Waals surface area contributed by atoms with Crippen LogP contribution in [0.3, 0.4) is 0 Å². The average molecular weight is 295 g/mol. The van der Waals surface area contributed by atoms with Crippen LogP contribution in [0.1, 0.15) is 58.3 Å². The van der Waals surface area contributed by atoms with Crippen LogP contribution < -0.4 is 11.1 Å². The van der Waals surface area contributed by atoms with Gasteiger partial charge in [0.05, 0.1) is 12.1 Å². The Morgan fingerprint density at radius 2 is 2.14 bits per heavy atom. The summed E-state index contributed by atoms with van der Waals surface area (Å²) >= 11 is 0. The normalized spacial score (nSPS) is 37.7. The van der Waals surface area contributed by atoms with E-state index in [4.69, 9.17) is 20.2 Å². The van der Waals surface area contributed by atoms with Crippen LogP contribution in [0.5, 0.6) is 0 Å². The van der Waals surface area contributed by atoms with Crippen molar-refractivity contribution in [2.75, 3.05) is 13.2 Å². The monoisotopic (exact) mass is 295 g/mol. The third-order valence-electron chi connectivity index (χ3n) is 5.25. The van der Waals surface area contributed by atoms with Crippen molar-refractivity contribution in [1.82, 2.24) is 5.32 Å². The van der Waals surface area contributed by atoms with Gasteiger partial charge in [0.25, 0.3) is 0 Å². The molecule has 120 valence electrons. The summed E-state index contributed by atoms with van der Waals surface area (Å²) in [5, 5.41) is 3.40. The predicted octanol–water partition coefficient (Wildman–Crippen LogP) is 1.95. The lowest BCUT2D eigenvalue weighted by molar-refractivity contribution is -0.188. The van der Waals surface area contributed by atoms with E-state index in [1.54, 1.807) is 0 Å². The molecule has 3 rings (SSSR count). The van der Waals surface area contributed by atoms with Gasteiger partial charge in [-0.2, -0.15) is 0 Å². The lowest BCUT2D eigenvalue weighted by Gasteiger charge is -2.50. The van der Waals surface area contributed by atoms with E-state index >= 15 is 0 Å². The van der Waals surface area contributed by atoms with Gasteiger partial charge in [0.15, 0.2) is 5.96 Å². The second kappa shape index (κ2) is 6.53. The first kappa shape index (κ1) is 15.1. The first-order chi connectivity index (χ1) is 10.2. The highest BCUT2D eigenvalue weighted by Crippen LogP contribution is 2.47. The minimum atomic E-state index is -0.200. The Morgan fingerprint density at radius 1 is 1.33 bits per heavy atom. The first-order valence-corrected chi connectivity index (χ1v) is 8.60. The first-order valence-electron chi connectivity index (χ1n) is 8.60. The lowest BCUT2D eigenvalue weighted by Crippen LogP contribution is -2.64. The lowest BCUT2D eigenvalue weighted by atomic mass is 9.70. The highest BCUT2D eigenvalue weighted by Gasteiger charge is 2.59. The summed E-state index contributed by atoms with van der Waals surface area (Å²) in [7, 11) is 0. The van der Waals surface area contributed by atoms with Gasteiger partial charge in [-0.3, -0.25) is 0 Å². The van der Waals surface area contributed by atoms with Crippen LogP contribution in [0.25, 0.3) is 0 Å². The van der Waals surface area contributed by atoms with Gasteiger partial charge in [-0.15, -0.1) is 0 Å². The van der Waals surface area contributed by atoms with E-state index in [1.165, 1.54) is 32.1 Å². The number of guanidine groups is 1. The Bertz CT molecular complexity index is 374. The zero-order valence-electron chi connectivity index (χ0n) is 13.1. The highest BCUT2D eigenvalue weighted by molar-refractivity contribution is 5.78. The Morgan fingerprint density at radius 3 is 2.81 bits per heavy atom. The van der Waals surface area contributed by atoms with Crippen molar-refractivity contribution in [3.63, 3.8) is 0 Å². The van der Waals surface area contributed by atoms with Gasteiger partial charge in [0.1, 0.15) is 5.60 Å². The fraction of sp³-hybridized carbons (Fsp3) is 0.938. The third-order valence-corrected chi connectivity index (χ3v) is 5.25. The minimum Gasteiger partial charge on any atom is -0.375 e. The molecule has 0 aromatic rings. The molecule has 21 heavy (non-hydrogen) atoms. The van der Waals surface area contributed by atoms with Crippen LogP contribution >= 0.6 is 0 Å². The molecule has 5 heteroatoms. The number of nitrogens with two attached hydrogens (primary N) is 1. The summed E-state index contributed by atoms with van der Waals surface area (Å²) in [6, 6.07) is 0.665. The van der Waals surface area contributed by atoms with Crippen molar-refractivity contribution >= 4 is 5.96 Å². The van der Waals surface area contributed by atoms with Crippen LogP contribution in [-0.2, 0) is 9.47 Å². The SMILES string of the molecule is CCOC1CC(N=C(N)NC2CCCCC2)C12CCCO2. The smallest absolute Gasteiger partial charge is 0.189 e. The van der Waals surface area contributed by atoms with Gasteiger partial charge in [-0.1, -0.05) is 19.3 Å². The number of ether oxygens (including phenoxy) is 2. The highest BCUT2D eigenvalue weighted by atomic mass is 16.6. The molecular formula is C16H29N3O2. The number of hydrogen-bond donors (Lipinski definition) is 2. The van der Waals surface area contributed by atoms with E-state index < -0.39 is 0 Å². The summed E-state index contributed by atoms with van der Waals surface area (Å²) in [5.74, 6) is 0.594. The molecule has 1 saturated heterocycles. The van der Waals surface area contributed by atoms with Crippen LogP contribution in [0.15, 0.2) is 4.99 Å². The maximum absolute atomic E-state index is 6.13. The summed E-state index contributed by atoms with van der Waals surface area (Å²) in [6.07, 6.45) is 9.65. The fourth-order valence-corrected chi connectivity index (χ4v) is 4.09. The summed E-state index contributed by atoms with van der Waals surface area (Å²) in [5.41, 5.74) is 5.93. The van der Waals surface area contributed by atoms with Crippen molar-refractivity contribution in [2.45, 2.75) is 82.1 Å². The van der Waals surface area contributed by atoms with E-state index in [9.17, 15) is 0 Å². The molecule has 1 aliphatic heterocycles. The van der Waals surface area contributed by atoms with Crippen molar-refractivity contribution in [3.05, 3.63) is 0 Å². The van der Waals surface area contributed by atoms with Gasteiger partial charge in [-0.25, -0.2) is 4.99 Å². The minimum absolute atomic E-state index is 0.160. The Labute approximate surface area is 127 Å². The molecule has 3 N–H and O–H groups in total. The molecule has 1 heterocycles. The molecule has 3 fully saturated rings. The molecule has 0 radical (unpaired) electrons. The number of aliphatic imine (C=N–C) groups is 1. The van der Waals surface area contributed by atoms with Crippen molar-refractivity contribution < 1.29 is 9.47 Å². The molecule has 0 bridgehead atoms. The largest absolute Gasteiger partial charge is 0.375 e. The molecule has 3 aliphatic rings. The standard InChI is InChI=1S/C16H29N3O2/c1-2-20-14-11-13(16(14)9-6-10-21-16)19-15(17)18-12-7-4-3-5-8-12/h12-14H,2-11H2,1H3,(H3,17,18,19). The Hall–Kier alpha value is -0.810. The average Bonchev–Trinajstić information content (AvgIpc) is 3.00. The molecule has 2 aliphatic carbocycles. The van der Waals surface area contributed by atoms with Gasteiger partial charge in [0, 0.05) is 25.7 Å². The number of hydrogen-bond acceptors (Lipinski definition) is 3. The van der Waals surface area contributed by atoms with Crippen molar-refractivity contribution in [2.24, 2.45) is 10.7 Å². The fourth-order valence-electron chi connectivity index (χ4n) is 4.09. The van der Waals surface area contributed by atoms with Gasteiger partial charge in [-0.05, 0) is 32.6 Å². The number of rotatable bonds is 4. The van der Waals surface area contributed by atoms with E-state index in [0.29, 0.717) is 12.0 Å². The molecule has 0 aromatic heterocycles. The topological polar surface area (TPSA) is 68.9 Å². The van der Waals surface area contributed by atoms with Gasteiger partial charge >= 0.3 is 0 Å². The van der Waals surface area contributed by atoms with Crippen LogP contribution in [0.4, 0.5) is 0 Å². The van der Waals surface area contributed by atoms with Crippen molar-refractivity contribution in [3.8, 4) is 0 Å². The summed E-state index contributed by atoms with van der Waals surface area (Å²) in [4.78, 5) is 4.72. The summed E-state index contributed by atoms with van der Waals surface area (Å²) < 4.78 is 11.9. The molecule has 5 nitrogen and oxygen atoms in total. The molecule has 1 spiro atoms. The number of nitrogens with one attached hydrogen (secondary N) is 1. The maximum Gasteiger partial charge on any atom is 0.189 e. The predicted molar refractivity (Wildman–Crippen MR) is 83.4 cm³/mol. The van der Waals surface area contributed by atoms with Crippen LogP contribution in [0.2, 0.25) is 0 Å². The van der Waals surface area contributed by atoms with Gasteiger partial charge < -0.3 is 20.5 Å².